The van der Waals surface area contributed by atoms with E-state index >= 15 is 0 Å². The predicted molar refractivity (Wildman–Crippen MR) is 91.2 cm³/mol. The third-order valence-electron chi connectivity index (χ3n) is 3.59. The van der Waals surface area contributed by atoms with Crippen molar-refractivity contribution in [2.24, 2.45) is 0 Å². The van der Waals surface area contributed by atoms with E-state index in [1.807, 2.05) is 6.92 Å². The highest BCUT2D eigenvalue weighted by Gasteiger charge is 2.35. The first-order chi connectivity index (χ1) is 10.6. The van der Waals surface area contributed by atoms with E-state index in [9.17, 15) is 10.1 Å². The van der Waals surface area contributed by atoms with Crippen molar-refractivity contribution in [1.29, 1.82) is 5.26 Å². The van der Waals surface area contributed by atoms with Gasteiger partial charge in [-0.2, -0.15) is 5.26 Å². The van der Waals surface area contributed by atoms with Crippen LogP contribution in [-0.4, -0.2) is 32.6 Å². The van der Waals surface area contributed by atoms with E-state index in [1.165, 1.54) is 23.1 Å². The molecule has 0 saturated heterocycles. The van der Waals surface area contributed by atoms with Crippen molar-refractivity contribution in [1.82, 2.24) is 15.5 Å². The highest BCUT2D eigenvalue weighted by Crippen LogP contribution is 2.32. The zero-order chi connectivity index (χ0) is 16.0. The maximum atomic E-state index is 12.4. The molecule has 0 bridgehead atoms. The maximum Gasteiger partial charge on any atom is 0.234 e. The molecule has 120 valence electrons. The maximum absolute atomic E-state index is 12.4. The minimum Gasteiger partial charge on any atom is -0.337 e. The third kappa shape index (κ3) is 4.61. The van der Waals surface area contributed by atoms with Gasteiger partial charge in [0.25, 0.3) is 0 Å². The van der Waals surface area contributed by atoms with Gasteiger partial charge < -0.3 is 5.32 Å². The molecule has 1 saturated carbocycles. The molecule has 0 unspecified atom stereocenters. The zero-order valence-electron chi connectivity index (χ0n) is 12.8. The van der Waals surface area contributed by atoms with E-state index in [2.05, 4.69) is 28.5 Å². The number of thioether (sulfide) groups is 2. The van der Waals surface area contributed by atoms with Gasteiger partial charge in [0.2, 0.25) is 5.91 Å². The fourth-order valence-corrected chi connectivity index (χ4v) is 5.45. The summed E-state index contributed by atoms with van der Waals surface area (Å²) in [7, 11) is 0. The van der Waals surface area contributed by atoms with Gasteiger partial charge in [-0.15, -0.1) is 10.2 Å². The van der Waals surface area contributed by atoms with E-state index in [4.69, 9.17) is 0 Å². The smallest absolute Gasteiger partial charge is 0.234 e. The van der Waals surface area contributed by atoms with E-state index < -0.39 is 5.54 Å². The summed E-state index contributed by atoms with van der Waals surface area (Å²) < 4.78 is 1.73. The third-order valence-corrected chi connectivity index (χ3v) is 6.71. The number of nitriles is 1. The quantitative estimate of drug-likeness (QED) is 0.786. The van der Waals surface area contributed by atoms with Crippen LogP contribution >= 0.6 is 34.9 Å². The molecule has 5 nitrogen and oxygen atoms in total. The average Bonchev–Trinajstić information content (AvgIpc) is 2.95. The Morgan fingerprint density at radius 3 is 2.73 bits per heavy atom. The summed E-state index contributed by atoms with van der Waals surface area (Å²) in [6.07, 6.45) is 4.66. The van der Waals surface area contributed by atoms with Crippen molar-refractivity contribution in [2.75, 3.05) is 5.75 Å². The molecule has 0 spiro atoms. The van der Waals surface area contributed by atoms with Crippen LogP contribution < -0.4 is 5.32 Å². The predicted octanol–water partition coefficient (Wildman–Crippen LogP) is 3.47. The second kappa shape index (κ2) is 8.18. The lowest BCUT2D eigenvalue weighted by molar-refractivity contribution is -0.121. The number of carbonyl (C=O) groups is 1. The molecule has 0 aliphatic heterocycles. The highest BCUT2D eigenvalue weighted by atomic mass is 32.2. The van der Waals surface area contributed by atoms with Crippen LogP contribution in [0.2, 0.25) is 0 Å². The van der Waals surface area contributed by atoms with Crippen LogP contribution in [0.3, 0.4) is 0 Å². The molecule has 1 N–H and O–H groups in total. The summed E-state index contributed by atoms with van der Waals surface area (Å²) in [6.45, 7) is 3.92. The van der Waals surface area contributed by atoms with Crippen LogP contribution in [0.15, 0.2) is 8.68 Å². The number of rotatable bonds is 6. The van der Waals surface area contributed by atoms with Crippen molar-refractivity contribution >= 4 is 40.8 Å². The van der Waals surface area contributed by atoms with E-state index in [0.717, 1.165) is 46.5 Å². The van der Waals surface area contributed by atoms with Gasteiger partial charge in [0.1, 0.15) is 5.54 Å². The molecular weight excluding hydrogens is 336 g/mol. The largest absolute Gasteiger partial charge is 0.337 e. The fourth-order valence-electron chi connectivity index (χ4n) is 2.39. The number of carbonyl (C=O) groups excluding carboxylic acids is 1. The number of nitrogens with one attached hydrogen (secondary N) is 1. The van der Waals surface area contributed by atoms with E-state index in [0.29, 0.717) is 0 Å². The van der Waals surface area contributed by atoms with Crippen LogP contribution in [0.25, 0.3) is 0 Å². The summed E-state index contributed by atoms with van der Waals surface area (Å²) in [5.74, 6) is 0.869. The molecule has 22 heavy (non-hydrogen) atoms. The number of hydrogen-bond acceptors (Lipinski definition) is 7. The van der Waals surface area contributed by atoms with Crippen molar-refractivity contribution in [3.8, 4) is 6.07 Å². The standard InChI is InChI=1S/C14H20N4OS3/c1-3-20-12-17-18-13(22-12)21-10(2)11(19)16-14(9-15)7-5-4-6-8-14/h10H,3-8H2,1-2H3,(H,16,19)/t10-/m0/s1. The van der Waals surface area contributed by atoms with Crippen LogP contribution in [0.4, 0.5) is 0 Å². The molecule has 1 aliphatic carbocycles. The average molecular weight is 357 g/mol. The number of hydrogen-bond donors (Lipinski definition) is 1. The Morgan fingerprint density at radius 2 is 2.09 bits per heavy atom. The minimum atomic E-state index is -0.672. The second-order valence-electron chi connectivity index (χ2n) is 5.27. The summed E-state index contributed by atoms with van der Waals surface area (Å²) in [5, 5.41) is 20.3. The summed E-state index contributed by atoms with van der Waals surface area (Å²) >= 11 is 4.57. The van der Waals surface area contributed by atoms with Gasteiger partial charge in [0, 0.05) is 0 Å². The van der Waals surface area contributed by atoms with Crippen LogP contribution in [0.5, 0.6) is 0 Å². The SMILES string of the molecule is CCSc1nnc(S[C@@H](C)C(=O)NC2(C#N)CCCCC2)s1. The van der Waals surface area contributed by atoms with E-state index in [-0.39, 0.29) is 11.2 Å². The molecule has 0 radical (unpaired) electrons. The van der Waals surface area contributed by atoms with Crippen molar-refractivity contribution in [3.05, 3.63) is 0 Å². The van der Waals surface area contributed by atoms with Gasteiger partial charge in [0.15, 0.2) is 8.68 Å². The molecule has 1 aromatic heterocycles. The molecule has 8 heteroatoms. The van der Waals surface area contributed by atoms with Gasteiger partial charge in [-0.05, 0) is 25.5 Å². The van der Waals surface area contributed by atoms with Crippen LogP contribution in [0.1, 0.15) is 46.0 Å². The van der Waals surface area contributed by atoms with Crippen LogP contribution in [-0.2, 0) is 4.79 Å². The lowest BCUT2D eigenvalue weighted by atomic mass is 9.83. The molecule has 0 aromatic carbocycles. The Bertz CT molecular complexity index is 549. The van der Waals surface area contributed by atoms with Gasteiger partial charge in [0.05, 0.1) is 11.3 Å². The number of amides is 1. The fraction of sp³-hybridized carbons (Fsp3) is 0.714. The first-order valence-electron chi connectivity index (χ1n) is 7.45. The summed E-state index contributed by atoms with van der Waals surface area (Å²) in [6, 6.07) is 2.32. The Kier molecular flexibility index (Phi) is 6.53. The monoisotopic (exact) mass is 356 g/mol. The Balaban J connectivity index is 1.92. The number of nitrogens with zero attached hydrogens (tertiary/aromatic N) is 3. The zero-order valence-corrected chi connectivity index (χ0v) is 15.2. The topological polar surface area (TPSA) is 78.7 Å². The Morgan fingerprint density at radius 1 is 1.41 bits per heavy atom. The molecule has 1 fully saturated rings. The highest BCUT2D eigenvalue weighted by molar-refractivity contribution is 8.03. The number of aromatic nitrogens is 2. The molecule has 1 amide bonds. The van der Waals surface area contributed by atoms with Gasteiger partial charge in [-0.1, -0.05) is 61.0 Å². The molecular formula is C14H20N4OS3. The van der Waals surface area contributed by atoms with Crippen molar-refractivity contribution < 1.29 is 4.79 Å². The molecule has 1 heterocycles. The second-order valence-corrected chi connectivity index (χ2v) is 9.35. The Hall–Kier alpha value is -0.780. The molecule has 1 aromatic rings. The van der Waals surface area contributed by atoms with Gasteiger partial charge in [-0.25, -0.2) is 0 Å². The molecule has 1 aliphatic rings. The van der Waals surface area contributed by atoms with Crippen molar-refractivity contribution in [3.63, 3.8) is 0 Å². The lowest BCUT2D eigenvalue weighted by Crippen LogP contribution is -2.50. The lowest BCUT2D eigenvalue weighted by Gasteiger charge is -2.32. The van der Waals surface area contributed by atoms with Gasteiger partial charge >= 0.3 is 0 Å². The van der Waals surface area contributed by atoms with Crippen LogP contribution in [0, 0.1) is 11.3 Å². The summed E-state index contributed by atoms with van der Waals surface area (Å²) in [5.41, 5.74) is -0.672. The summed E-state index contributed by atoms with van der Waals surface area (Å²) in [4.78, 5) is 12.4. The molecule has 2 rings (SSSR count). The Labute approximate surface area is 143 Å². The first kappa shape index (κ1) is 17.6. The van der Waals surface area contributed by atoms with E-state index in [1.54, 1.807) is 11.8 Å². The molecule has 1 atom stereocenters. The minimum absolute atomic E-state index is 0.0895. The van der Waals surface area contributed by atoms with Gasteiger partial charge in [-0.3, -0.25) is 4.79 Å². The van der Waals surface area contributed by atoms with Crippen molar-refractivity contribution in [2.45, 2.75) is 65.4 Å². The first-order valence-corrected chi connectivity index (χ1v) is 10.1. The normalized spacial score (nSPS) is 18.4.